The fourth-order valence-corrected chi connectivity index (χ4v) is 2.55. The van der Waals surface area contributed by atoms with Crippen LogP contribution in [0.5, 0.6) is 0 Å². The highest BCUT2D eigenvalue weighted by Gasteiger charge is 1.98. The highest BCUT2D eigenvalue weighted by Crippen LogP contribution is 2.21. The molecule has 0 atom stereocenters. The van der Waals surface area contributed by atoms with Crippen LogP contribution < -0.4 is 0 Å². The average molecular weight is 239 g/mol. The summed E-state index contributed by atoms with van der Waals surface area (Å²) in [5.41, 5.74) is 1.26. The number of nitrogens with zero attached hydrogens (tertiary/aromatic N) is 1. The molecule has 0 bridgehead atoms. The quantitative estimate of drug-likeness (QED) is 0.754. The van der Waals surface area contributed by atoms with E-state index in [1.54, 1.807) is 11.8 Å². The summed E-state index contributed by atoms with van der Waals surface area (Å²) >= 11 is 8.14. The lowest BCUT2D eigenvalue weighted by Crippen LogP contribution is -1.85. The number of hydrogen-bond acceptors (Lipinski definition) is 4. The van der Waals surface area contributed by atoms with Crippen LogP contribution in [-0.4, -0.2) is 9.28 Å². The van der Waals surface area contributed by atoms with Crippen molar-refractivity contribution in [1.29, 1.82) is 5.26 Å². The van der Waals surface area contributed by atoms with Crippen molar-refractivity contribution in [1.82, 2.24) is 0 Å². The Balaban J connectivity index is 2.28. The summed E-state index contributed by atoms with van der Waals surface area (Å²) in [6.45, 7) is 0. The Kier molecular flexibility index (Phi) is 5.69. The molecule has 72 valence electrons. The summed E-state index contributed by atoms with van der Waals surface area (Å²) in [7, 11) is 0. The molecule has 0 amide bonds. The van der Waals surface area contributed by atoms with Crippen molar-refractivity contribution >= 4 is 39.3 Å². The van der Waals surface area contributed by atoms with Gasteiger partial charge in [0.15, 0.2) is 0 Å². The third-order valence-corrected chi connectivity index (χ3v) is 4.09. The van der Waals surface area contributed by atoms with E-state index >= 15 is 0 Å². The summed E-state index contributed by atoms with van der Waals surface area (Å²) in [6, 6.07) is 12.2. The minimum atomic E-state index is 0.445. The summed E-state index contributed by atoms with van der Waals surface area (Å²) in [4.78, 5) is 0. The highest BCUT2D eigenvalue weighted by molar-refractivity contribution is 8.47. The van der Waals surface area contributed by atoms with E-state index in [2.05, 4.69) is 18.2 Å². The fraction of sp³-hybridized carbons (Fsp3) is 0.200. The van der Waals surface area contributed by atoms with Crippen LogP contribution in [0.3, 0.4) is 0 Å². The van der Waals surface area contributed by atoms with Gasteiger partial charge < -0.3 is 0 Å². The van der Waals surface area contributed by atoms with Crippen molar-refractivity contribution in [2.45, 2.75) is 5.75 Å². The predicted octanol–water partition coefficient (Wildman–Crippen LogP) is 3.46. The standard InChI is InChI=1S/C10H9NS3/c11-6-7-13-10(12)14-8-9-4-2-1-3-5-9/h1-5H,7-8H2. The van der Waals surface area contributed by atoms with E-state index in [0.717, 1.165) is 9.28 Å². The van der Waals surface area contributed by atoms with Crippen molar-refractivity contribution in [2.24, 2.45) is 0 Å². The number of rotatable bonds is 3. The van der Waals surface area contributed by atoms with Crippen molar-refractivity contribution in [3.63, 3.8) is 0 Å². The van der Waals surface area contributed by atoms with Crippen LogP contribution in [0.15, 0.2) is 30.3 Å². The van der Waals surface area contributed by atoms with E-state index in [1.807, 2.05) is 18.2 Å². The molecule has 0 radical (unpaired) electrons. The van der Waals surface area contributed by atoms with E-state index in [9.17, 15) is 0 Å². The van der Waals surface area contributed by atoms with Crippen LogP contribution in [0.4, 0.5) is 0 Å². The molecule has 0 fully saturated rings. The van der Waals surface area contributed by atoms with Gasteiger partial charge in [-0.15, -0.1) is 11.8 Å². The zero-order valence-corrected chi connectivity index (χ0v) is 9.92. The first-order chi connectivity index (χ1) is 6.83. The lowest BCUT2D eigenvalue weighted by Gasteiger charge is -2.00. The topological polar surface area (TPSA) is 23.8 Å². The van der Waals surface area contributed by atoms with E-state index in [4.69, 9.17) is 17.5 Å². The zero-order valence-electron chi connectivity index (χ0n) is 7.47. The van der Waals surface area contributed by atoms with Crippen LogP contribution in [0.2, 0.25) is 0 Å². The Morgan fingerprint density at radius 2 is 2.00 bits per heavy atom. The SMILES string of the molecule is N#CCSC(=S)SCc1ccccc1. The molecule has 0 saturated heterocycles. The first kappa shape index (κ1) is 11.6. The second-order valence-corrected chi connectivity index (χ2v) is 5.63. The Labute approximate surface area is 97.9 Å². The molecule has 0 heterocycles. The van der Waals surface area contributed by atoms with Gasteiger partial charge >= 0.3 is 0 Å². The molecular formula is C10H9NS3. The molecule has 1 nitrogen and oxygen atoms in total. The van der Waals surface area contributed by atoms with Gasteiger partial charge in [0, 0.05) is 5.75 Å². The van der Waals surface area contributed by atoms with Crippen molar-refractivity contribution in [3.8, 4) is 6.07 Å². The van der Waals surface area contributed by atoms with Gasteiger partial charge in [0.05, 0.1) is 11.8 Å². The zero-order chi connectivity index (χ0) is 10.2. The summed E-state index contributed by atoms with van der Waals surface area (Å²) in [5, 5.41) is 8.36. The van der Waals surface area contributed by atoms with Gasteiger partial charge in [-0.1, -0.05) is 54.3 Å². The smallest absolute Gasteiger partial charge is 0.105 e. The predicted molar refractivity (Wildman–Crippen MR) is 68.4 cm³/mol. The van der Waals surface area contributed by atoms with Crippen LogP contribution in [0, 0.1) is 11.3 Å². The minimum absolute atomic E-state index is 0.445. The van der Waals surface area contributed by atoms with Crippen LogP contribution in [0.25, 0.3) is 0 Å². The van der Waals surface area contributed by atoms with Gasteiger partial charge in [-0.05, 0) is 5.56 Å². The maximum atomic E-state index is 8.36. The molecule has 0 aliphatic carbocycles. The molecule has 0 saturated carbocycles. The molecule has 0 unspecified atom stereocenters. The fourth-order valence-electron chi connectivity index (χ4n) is 0.849. The summed E-state index contributed by atoms with van der Waals surface area (Å²) in [6.07, 6.45) is 0. The van der Waals surface area contributed by atoms with Gasteiger partial charge in [0.2, 0.25) is 0 Å². The number of benzene rings is 1. The summed E-state index contributed by atoms with van der Waals surface area (Å²) in [5.74, 6) is 1.33. The normalized spacial score (nSPS) is 9.36. The maximum absolute atomic E-state index is 8.36. The second-order valence-electron chi connectivity index (χ2n) is 2.47. The number of thiocarbonyl (C=S) groups is 1. The van der Waals surface area contributed by atoms with Crippen molar-refractivity contribution in [3.05, 3.63) is 35.9 Å². The molecule has 0 aliphatic rings. The van der Waals surface area contributed by atoms with Crippen LogP contribution in [0.1, 0.15) is 5.56 Å². The Hall–Kier alpha value is -0.500. The lowest BCUT2D eigenvalue weighted by atomic mass is 10.2. The van der Waals surface area contributed by atoms with Gasteiger partial charge in [0.25, 0.3) is 0 Å². The van der Waals surface area contributed by atoms with Gasteiger partial charge in [-0.2, -0.15) is 5.26 Å². The Morgan fingerprint density at radius 3 is 2.64 bits per heavy atom. The molecule has 0 spiro atoms. The average Bonchev–Trinajstić information content (AvgIpc) is 2.25. The van der Waals surface area contributed by atoms with Gasteiger partial charge in [-0.25, -0.2) is 0 Å². The van der Waals surface area contributed by atoms with Crippen LogP contribution >= 0.6 is 35.7 Å². The van der Waals surface area contributed by atoms with Crippen molar-refractivity contribution < 1.29 is 0 Å². The molecule has 0 N–H and O–H groups in total. The first-order valence-corrected chi connectivity index (χ1v) is 6.41. The third kappa shape index (κ3) is 4.66. The molecular weight excluding hydrogens is 230 g/mol. The number of thioether (sulfide) groups is 2. The molecule has 1 aromatic carbocycles. The number of hydrogen-bond donors (Lipinski definition) is 0. The molecule has 0 aliphatic heterocycles. The first-order valence-electron chi connectivity index (χ1n) is 4.03. The van der Waals surface area contributed by atoms with E-state index in [0.29, 0.717) is 5.75 Å². The maximum Gasteiger partial charge on any atom is 0.105 e. The Morgan fingerprint density at radius 1 is 1.29 bits per heavy atom. The monoisotopic (exact) mass is 239 g/mol. The van der Waals surface area contributed by atoms with E-state index in [1.165, 1.54) is 17.3 Å². The Bertz CT molecular complexity index is 329. The molecule has 1 rings (SSSR count). The lowest BCUT2D eigenvalue weighted by molar-refractivity contribution is 1.43. The highest BCUT2D eigenvalue weighted by atomic mass is 32.2. The minimum Gasteiger partial charge on any atom is -0.197 e. The van der Waals surface area contributed by atoms with E-state index in [-0.39, 0.29) is 0 Å². The molecule has 4 heteroatoms. The van der Waals surface area contributed by atoms with Crippen molar-refractivity contribution in [2.75, 3.05) is 5.75 Å². The number of nitriles is 1. The largest absolute Gasteiger partial charge is 0.197 e. The third-order valence-electron chi connectivity index (χ3n) is 1.45. The molecule has 1 aromatic rings. The van der Waals surface area contributed by atoms with Crippen LogP contribution in [-0.2, 0) is 5.75 Å². The molecule has 14 heavy (non-hydrogen) atoms. The van der Waals surface area contributed by atoms with Gasteiger partial charge in [0.1, 0.15) is 3.53 Å². The van der Waals surface area contributed by atoms with E-state index < -0.39 is 0 Å². The molecule has 0 aromatic heterocycles. The second kappa shape index (κ2) is 6.88. The summed E-state index contributed by atoms with van der Waals surface area (Å²) < 4.78 is 0.843. The van der Waals surface area contributed by atoms with Gasteiger partial charge in [-0.3, -0.25) is 0 Å².